The van der Waals surface area contributed by atoms with E-state index in [1.807, 2.05) is 32.2 Å². The Kier molecular flexibility index (Phi) is 6.05. The Bertz CT molecular complexity index is 731. The van der Waals surface area contributed by atoms with Crippen molar-refractivity contribution < 1.29 is 10.2 Å². The van der Waals surface area contributed by atoms with Gasteiger partial charge in [-0.2, -0.15) is 0 Å². The van der Waals surface area contributed by atoms with Gasteiger partial charge in [-0.25, -0.2) is 10.1 Å². The van der Waals surface area contributed by atoms with Crippen molar-refractivity contribution in [1.29, 1.82) is 0 Å². The van der Waals surface area contributed by atoms with Crippen LogP contribution >= 0.6 is 0 Å². The van der Waals surface area contributed by atoms with Crippen LogP contribution in [0.4, 0.5) is 5.82 Å². The van der Waals surface area contributed by atoms with Crippen LogP contribution in [0, 0.1) is 11.8 Å². The number of aliphatic hydroxyl groups excluding tert-OH is 2. The highest BCUT2D eigenvalue weighted by Gasteiger charge is 2.31. The van der Waals surface area contributed by atoms with Crippen LogP contribution in [0.2, 0.25) is 0 Å². The SMILES string of the molecule is C=C(O)[C@@H](C(C)C)[C@H](Cc1ccc(N2CCC[C@H]2CO)nc1)c1nnn[nH]1. The zero-order valence-corrected chi connectivity index (χ0v) is 15.9. The zero-order chi connectivity index (χ0) is 19.4. The van der Waals surface area contributed by atoms with Crippen LogP contribution in [0.1, 0.15) is 44.0 Å². The number of aromatic nitrogens is 5. The lowest BCUT2D eigenvalue weighted by molar-refractivity contribution is 0.243. The van der Waals surface area contributed by atoms with E-state index in [-0.39, 0.29) is 36.2 Å². The summed E-state index contributed by atoms with van der Waals surface area (Å²) in [5, 5.41) is 34.0. The Morgan fingerprint density at radius 3 is 2.78 bits per heavy atom. The monoisotopic (exact) mass is 372 g/mol. The zero-order valence-electron chi connectivity index (χ0n) is 15.9. The molecule has 1 fully saturated rings. The summed E-state index contributed by atoms with van der Waals surface area (Å²) in [4.78, 5) is 6.77. The second kappa shape index (κ2) is 8.47. The number of allylic oxidation sites excluding steroid dienone is 1. The maximum Gasteiger partial charge on any atom is 0.152 e. The van der Waals surface area contributed by atoms with Crippen molar-refractivity contribution in [3.8, 4) is 0 Å². The molecule has 0 spiro atoms. The molecule has 3 rings (SSSR count). The van der Waals surface area contributed by atoms with Crippen LogP contribution in [0.25, 0.3) is 0 Å². The van der Waals surface area contributed by atoms with Gasteiger partial charge in [-0.3, -0.25) is 0 Å². The fraction of sp³-hybridized carbons (Fsp3) is 0.579. The van der Waals surface area contributed by atoms with E-state index in [2.05, 4.69) is 37.1 Å². The van der Waals surface area contributed by atoms with E-state index >= 15 is 0 Å². The van der Waals surface area contributed by atoms with Crippen molar-refractivity contribution in [2.45, 2.75) is 45.1 Å². The average molecular weight is 372 g/mol. The summed E-state index contributed by atoms with van der Waals surface area (Å²) in [6.45, 7) is 8.93. The van der Waals surface area contributed by atoms with E-state index < -0.39 is 0 Å². The molecule has 0 bridgehead atoms. The molecule has 2 aromatic rings. The third-order valence-electron chi connectivity index (χ3n) is 5.40. The molecule has 1 saturated heterocycles. The van der Waals surface area contributed by atoms with E-state index in [4.69, 9.17) is 0 Å². The van der Waals surface area contributed by atoms with E-state index in [1.165, 1.54) is 0 Å². The molecule has 3 atom stereocenters. The number of hydrogen-bond donors (Lipinski definition) is 3. The van der Waals surface area contributed by atoms with Gasteiger partial charge in [0.1, 0.15) is 5.82 Å². The van der Waals surface area contributed by atoms with Crippen molar-refractivity contribution in [2.24, 2.45) is 11.8 Å². The van der Waals surface area contributed by atoms with Gasteiger partial charge in [0, 0.05) is 24.6 Å². The lowest BCUT2D eigenvalue weighted by atomic mass is 9.78. The van der Waals surface area contributed by atoms with E-state index in [9.17, 15) is 10.2 Å². The molecule has 3 N–H and O–H groups in total. The number of pyridine rings is 1. The highest BCUT2D eigenvalue weighted by molar-refractivity contribution is 5.42. The molecule has 27 heavy (non-hydrogen) atoms. The van der Waals surface area contributed by atoms with Crippen LogP contribution < -0.4 is 4.90 Å². The van der Waals surface area contributed by atoms with Gasteiger partial charge < -0.3 is 15.1 Å². The Morgan fingerprint density at radius 1 is 1.41 bits per heavy atom. The molecular weight excluding hydrogens is 344 g/mol. The minimum absolute atomic E-state index is 0.123. The summed E-state index contributed by atoms with van der Waals surface area (Å²) in [5.41, 5.74) is 1.03. The predicted molar refractivity (Wildman–Crippen MR) is 102 cm³/mol. The topological polar surface area (TPSA) is 111 Å². The summed E-state index contributed by atoms with van der Waals surface area (Å²) in [5.74, 6) is 1.55. The Hall–Kier alpha value is -2.48. The normalized spacial score (nSPS) is 19.4. The van der Waals surface area contributed by atoms with E-state index in [0.29, 0.717) is 12.2 Å². The molecule has 0 saturated carbocycles. The van der Waals surface area contributed by atoms with E-state index in [0.717, 1.165) is 30.8 Å². The fourth-order valence-corrected chi connectivity index (χ4v) is 4.09. The van der Waals surface area contributed by atoms with Gasteiger partial charge in [0.05, 0.1) is 18.4 Å². The summed E-state index contributed by atoms with van der Waals surface area (Å²) in [6.07, 6.45) is 4.56. The van der Waals surface area contributed by atoms with Crippen molar-refractivity contribution in [3.05, 3.63) is 42.1 Å². The largest absolute Gasteiger partial charge is 0.513 e. The summed E-state index contributed by atoms with van der Waals surface area (Å²) in [6, 6.07) is 4.19. The maximum atomic E-state index is 10.2. The molecule has 8 heteroatoms. The number of tetrazole rings is 1. The number of nitrogens with zero attached hydrogens (tertiary/aromatic N) is 5. The average Bonchev–Trinajstić information content (AvgIpc) is 3.32. The van der Waals surface area contributed by atoms with Crippen LogP contribution in [0.5, 0.6) is 0 Å². The maximum absolute atomic E-state index is 10.2. The molecule has 1 aliphatic heterocycles. The summed E-state index contributed by atoms with van der Waals surface area (Å²) in [7, 11) is 0. The molecule has 3 heterocycles. The minimum Gasteiger partial charge on any atom is -0.513 e. The molecule has 0 unspecified atom stereocenters. The van der Waals surface area contributed by atoms with E-state index in [1.54, 1.807) is 0 Å². The Morgan fingerprint density at radius 2 is 2.22 bits per heavy atom. The van der Waals surface area contributed by atoms with Crippen LogP contribution in [0.3, 0.4) is 0 Å². The van der Waals surface area contributed by atoms with Crippen LogP contribution in [0.15, 0.2) is 30.7 Å². The van der Waals surface area contributed by atoms with Crippen molar-refractivity contribution >= 4 is 5.82 Å². The fourth-order valence-electron chi connectivity index (χ4n) is 4.09. The lowest BCUT2D eigenvalue weighted by Gasteiger charge is -2.28. The molecule has 2 aromatic heterocycles. The number of aromatic amines is 1. The number of aliphatic hydroxyl groups is 2. The highest BCUT2D eigenvalue weighted by atomic mass is 16.3. The van der Waals surface area contributed by atoms with Gasteiger partial charge in [0.15, 0.2) is 5.82 Å². The molecule has 0 aromatic carbocycles. The first-order valence-electron chi connectivity index (χ1n) is 9.45. The number of H-pyrrole nitrogens is 1. The molecule has 1 aliphatic rings. The first kappa shape index (κ1) is 19.3. The van der Waals surface area contributed by atoms with Gasteiger partial charge in [0.2, 0.25) is 0 Å². The first-order valence-corrected chi connectivity index (χ1v) is 9.45. The number of hydrogen-bond acceptors (Lipinski definition) is 7. The smallest absolute Gasteiger partial charge is 0.152 e. The number of rotatable bonds is 8. The third kappa shape index (κ3) is 4.27. The number of anilines is 1. The first-order chi connectivity index (χ1) is 13.0. The third-order valence-corrected chi connectivity index (χ3v) is 5.40. The van der Waals surface area contributed by atoms with Gasteiger partial charge in [-0.15, -0.1) is 5.10 Å². The Balaban J connectivity index is 1.81. The van der Waals surface area contributed by atoms with Gasteiger partial charge >= 0.3 is 0 Å². The molecular formula is C19H28N6O2. The molecule has 0 aliphatic carbocycles. The number of nitrogens with one attached hydrogen (secondary N) is 1. The second-order valence-corrected chi connectivity index (χ2v) is 7.55. The van der Waals surface area contributed by atoms with Crippen LogP contribution in [-0.4, -0.2) is 55.0 Å². The highest BCUT2D eigenvalue weighted by Crippen LogP contribution is 2.35. The summed E-state index contributed by atoms with van der Waals surface area (Å²) < 4.78 is 0. The van der Waals surface area contributed by atoms with Crippen molar-refractivity contribution in [1.82, 2.24) is 25.6 Å². The van der Waals surface area contributed by atoms with Gasteiger partial charge in [-0.1, -0.05) is 26.5 Å². The van der Waals surface area contributed by atoms with Crippen LogP contribution in [-0.2, 0) is 6.42 Å². The van der Waals surface area contributed by atoms with Gasteiger partial charge in [0.25, 0.3) is 0 Å². The minimum atomic E-state index is -0.170. The summed E-state index contributed by atoms with van der Waals surface area (Å²) >= 11 is 0. The Labute approximate surface area is 159 Å². The molecule has 0 amide bonds. The molecule has 146 valence electrons. The second-order valence-electron chi connectivity index (χ2n) is 7.55. The van der Waals surface area contributed by atoms with Crippen molar-refractivity contribution in [3.63, 3.8) is 0 Å². The predicted octanol–water partition coefficient (Wildman–Crippen LogP) is 2.23. The molecule has 8 nitrogen and oxygen atoms in total. The molecule has 0 radical (unpaired) electrons. The van der Waals surface area contributed by atoms with Gasteiger partial charge in [-0.05, 0) is 47.2 Å². The van der Waals surface area contributed by atoms with Crippen molar-refractivity contribution in [2.75, 3.05) is 18.1 Å². The standard InChI is InChI=1S/C19H28N6O2/c1-12(2)18(13(3)27)16(19-21-23-24-22-19)9-14-6-7-17(20-10-14)25-8-4-5-15(25)11-26/h6-7,10,12,15-16,18,26-27H,3-5,8-9,11H2,1-2H3,(H,21,22,23,24)/t15-,16-,18+/m0/s1. The lowest BCUT2D eigenvalue weighted by Crippen LogP contribution is -2.32. The quantitative estimate of drug-likeness (QED) is 0.609.